The average molecular weight is 233 g/mol. The van der Waals surface area contributed by atoms with Crippen molar-refractivity contribution in [1.82, 2.24) is 0 Å². The van der Waals surface area contributed by atoms with Crippen LogP contribution in [0.3, 0.4) is 0 Å². The summed E-state index contributed by atoms with van der Waals surface area (Å²) in [5.74, 6) is 0.456. The molecule has 16 heavy (non-hydrogen) atoms. The Labute approximate surface area is 118 Å². The minimum absolute atomic E-state index is 0. The minimum atomic E-state index is -0.00859. The van der Waals surface area contributed by atoms with Crippen molar-refractivity contribution in [2.24, 2.45) is 0 Å². The number of aromatic hydroxyl groups is 1. The van der Waals surface area contributed by atoms with Crippen LogP contribution in [-0.2, 0) is 10.8 Å². The Balaban J connectivity index is -0.000000750. The van der Waals surface area contributed by atoms with Crippen LogP contribution in [0.15, 0.2) is 18.2 Å². The summed E-state index contributed by atoms with van der Waals surface area (Å²) < 4.78 is 0. The van der Waals surface area contributed by atoms with Gasteiger partial charge in [-0.3, -0.25) is 0 Å². The van der Waals surface area contributed by atoms with E-state index in [1.165, 1.54) is 0 Å². The van der Waals surface area contributed by atoms with Gasteiger partial charge in [-0.1, -0.05) is 59.7 Å². The van der Waals surface area contributed by atoms with E-state index in [1.807, 2.05) is 18.2 Å². The molecular formula is C14H24MgO. The summed E-state index contributed by atoms with van der Waals surface area (Å²) in [4.78, 5) is 0. The fourth-order valence-electron chi connectivity index (χ4n) is 1.75. The second-order valence-electron chi connectivity index (χ2n) is 6.20. The van der Waals surface area contributed by atoms with Crippen LogP contribution in [-0.4, -0.2) is 28.2 Å². The Morgan fingerprint density at radius 2 is 1.19 bits per heavy atom. The van der Waals surface area contributed by atoms with Gasteiger partial charge in [-0.2, -0.15) is 0 Å². The molecule has 0 aliphatic heterocycles. The molecule has 1 nitrogen and oxygen atoms in total. The van der Waals surface area contributed by atoms with Crippen LogP contribution in [0.1, 0.15) is 55.5 Å². The van der Waals surface area contributed by atoms with Gasteiger partial charge in [0.15, 0.2) is 0 Å². The maximum absolute atomic E-state index is 10.3. The van der Waals surface area contributed by atoms with Gasteiger partial charge in [0.05, 0.1) is 0 Å². The standard InChI is InChI=1S/C14H22O.Mg.2H/c1-13(2,3)10-8-7-9-11(12(10)15)14(4,5)6;;;/h7-9,15H,1-6H3;;;/q;+2;2*-1. The van der Waals surface area contributed by atoms with Crippen LogP contribution in [0.25, 0.3) is 0 Å². The van der Waals surface area contributed by atoms with Gasteiger partial charge in [-0.05, 0) is 22.0 Å². The second kappa shape index (κ2) is 4.97. The van der Waals surface area contributed by atoms with Crippen molar-refractivity contribution in [2.45, 2.75) is 52.4 Å². The number of hydrogen-bond donors (Lipinski definition) is 1. The molecule has 0 amide bonds. The van der Waals surface area contributed by atoms with Crippen molar-refractivity contribution in [3.05, 3.63) is 29.3 Å². The molecule has 0 aromatic heterocycles. The third-order valence-corrected chi connectivity index (χ3v) is 2.65. The maximum Gasteiger partial charge on any atom is 2.00 e. The Kier molecular flexibility index (Phi) is 4.90. The Morgan fingerprint density at radius 3 is 1.44 bits per heavy atom. The number of phenolic OH excluding ortho intramolecular Hbond substituents is 1. The van der Waals surface area contributed by atoms with E-state index in [9.17, 15) is 5.11 Å². The second-order valence-corrected chi connectivity index (χ2v) is 6.20. The molecule has 0 bridgehead atoms. The van der Waals surface area contributed by atoms with Crippen molar-refractivity contribution >= 4 is 23.1 Å². The van der Waals surface area contributed by atoms with E-state index in [-0.39, 0.29) is 36.7 Å². The molecule has 0 fully saturated rings. The Morgan fingerprint density at radius 1 is 0.875 bits per heavy atom. The van der Waals surface area contributed by atoms with E-state index in [4.69, 9.17) is 0 Å². The predicted molar refractivity (Wildman–Crippen MR) is 73.5 cm³/mol. The van der Waals surface area contributed by atoms with Gasteiger partial charge in [0.25, 0.3) is 0 Å². The zero-order valence-corrected chi connectivity index (χ0v) is 12.8. The average Bonchev–Trinajstić information content (AvgIpc) is 1.99. The third-order valence-electron chi connectivity index (χ3n) is 2.65. The largest absolute Gasteiger partial charge is 2.00 e. The summed E-state index contributed by atoms with van der Waals surface area (Å²) in [5, 5.41) is 10.3. The molecule has 0 spiro atoms. The first-order valence-corrected chi connectivity index (χ1v) is 5.47. The summed E-state index contributed by atoms with van der Waals surface area (Å²) in [6.07, 6.45) is 0. The van der Waals surface area contributed by atoms with Crippen LogP contribution in [0.5, 0.6) is 5.75 Å². The zero-order chi connectivity index (χ0) is 11.9. The number of phenols is 1. The van der Waals surface area contributed by atoms with Gasteiger partial charge in [0.1, 0.15) is 5.75 Å². The molecule has 0 atom stereocenters. The van der Waals surface area contributed by atoms with Crippen molar-refractivity contribution in [2.75, 3.05) is 0 Å². The molecule has 1 N–H and O–H groups in total. The van der Waals surface area contributed by atoms with Gasteiger partial charge >= 0.3 is 23.1 Å². The minimum Gasteiger partial charge on any atom is -1.00 e. The van der Waals surface area contributed by atoms with Crippen LogP contribution in [0.4, 0.5) is 0 Å². The molecule has 1 aromatic rings. The van der Waals surface area contributed by atoms with Gasteiger partial charge in [-0.25, -0.2) is 0 Å². The van der Waals surface area contributed by atoms with Crippen molar-refractivity contribution < 1.29 is 7.96 Å². The quantitative estimate of drug-likeness (QED) is 0.674. The summed E-state index contributed by atoms with van der Waals surface area (Å²) in [6.45, 7) is 12.7. The normalized spacial score (nSPS) is 12.1. The van der Waals surface area contributed by atoms with Gasteiger partial charge in [0, 0.05) is 0 Å². The first-order chi connectivity index (χ1) is 6.64. The maximum atomic E-state index is 10.3. The van der Waals surface area contributed by atoms with Crippen LogP contribution < -0.4 is 0 Å². The molecule has 2 heteroatoms. The summed E-state index contributed by atoms with van der Waals surface area (Å²) in [7, 11) is 0. The zero-order valence-electron chi connectivity index (χ0n) is 13.4. The van der Waals surface area contributed by atoms with Crippen molar-refractivity contribution in [1.29, 1.82) is 0 Å². The molecular weight excluding hydrogens is 208 g/mol. The van der Waals surface area contributed by atoms with E-state index < -0.39 is 0 Å². The molecule has 0 saturated carbocycles. The van der Waals surface area contributed by atoms with Crippen molar-refractivity contribution in [3.8, 4) is 5.75 Å². The molecule has 0 aliphatic carbocycles. The van der Waals surface area contributed by atoms with Gasteiger partial charge in [0.2, 0.25) is 0 Å². The Bertz CT molecular complexity index is 333. The fraction of sp³-hybridized carbons (Fsp3) is 0.571. The summed E-state index contributed by atoms with van der Waals surface area (Å²) >= 11 is 0. The molecule has 88 valence electrons. The third kappa shape index (κ3) is 3.39. The fourth-order valence-corrected chi connectivity index (χ4v) is 1.75. The Hall–Kier alpha value is -0.214. The van der Waals surface area contributed by atoms with Crippen LogP contribution in [0.2, 0.25) is 0 Å². The first-order valence-electron chi connectivity index (χ1n) is 5.47. The first kappa shape index (κ1) is 15.8. The van der Waals surface area contributed by atoms with Crippen LogP contribution >= 0.6 is 0 Å². The predicted octanol–water partition coefficient (Wildman–Crippen LogP) is 3.83. The van der Waals surface area contributed by atoms with E-state index in [0.717, 1.165) is 11.1 Å². The van der Waals surface area contributed by atoms with Crippen molar-refractivity contribution in [3.63, 3.8) is 0 Å². The van der Waals surface area contributed by atoms with Crippen LogP contribution in [0, 0.1) is 0 Å². The topological polar surface area (TPSA) is 20.2 Å². The number of benzene rings is 1. The molecule has 1 aromatic carbocycles. The number of para-hydroxylation sites is 1. The number of rotatable bonds is 0. The molecule has 0 aliphatic rings. The molecule has 0 unspecified atom stereocenters. The molecule has 0 saturated heterocycles. The number of hydrogen-bond acceptors (Lipinski definition) is 1. The summed E-state index contributed by atoms with van der Waals surface area (Å²) in [5.41, 5.74) is 2.03. The molecule has 0 radical (unpaired) electrons. The van der Waals surface area contributed by atoms with E-state index >= 15 is 0 Å². The van der Waals surface area contributed by atoms with Gasteiger partial charge in [-0.15, -0.1) is 0 Å². The van der Waals surface area contributed by atoms with E-state index in [2.05, 4.69) is 41.5 Å². The monoisotopic (exact) mass is 232 g/mol. The van der Waals surface area contributed by atoms with E-state index in [1.54, 1.807) is 0 Å². The SMILES string of the molecule is CC(C)(C)c1cccc(C(C)(C)C)c1O.[H-].[H-].[Mg+2]. The molecule has 0 heterocycles. The summed E-state index contributed by atoms with van der Waals surface area (Å²) in [6, 6.07) is 6.04. The van der Waals surface area contributed by atoms with E-state index in [0.29, 0.717) is 5.75 Å². The smallest absolute Gasteiger partial charge is 1.00 e. The molecule has 1 rings (SSSR count). The van der Waals surface area contributed by atoms with Gasteiger partial charge < -0.3 is 7.96 Å².